The van der Waals surface area contributed by atoms with Crippen molar-refractivity contribution < 1.29 is 14.6 Å². The van der Waals surface area contributed by atoms with E-state index in [2.05, 4.69) is 0 Å². The molecule has 1 N–H and O–H groups in total. The van der Waals surface area contributed by atoms with Gasteiger partial charge in [0.1, 0.15) is 10.8 Å². The molecule has 5 heteroatoms. The van der Waals surface area contributed by atoms with Gasteiger partial charge in [-0.1, -0.05) is 44.2 Å². The maximum absolute atomic E-state index is 11.2. The molecule has 1 heterocycles. The van der Waals surface area contributed by atoms with Crippen LogP contribution in [0.3, 0.4) is 0 Å². The SMILES string of the molecule is CC.COc1ccc(-c2nc(-c3cccc(-c4cccc(C(=O)O)c4)c3)cs2)cc1. The number of carboxylic acid groups (broad SMARTS) is 1. The zero-order valence-corrected chi connectivity index (χ0v) is 17.9. The predicted octanol–water partition coefficient (Wildman–Crippen LogP) is 6.88. The highest BCUT2D eigenvalue weighted by Crippen LogP contribution is 2.32. The number of aromatic carboxylic acids is 1. The molecule has 1 aromatic heterocycles. The lowest BCUT2D eigenvalue weighted by Crippen LogP contribution is -1.95. The molecule has 0 radical (unpaired) electrons. The summed E-state index contributed by atoms with van der Waals surface area (Å²) in [6.45, 7) is 4.00. The predicted molar refractivity (Wildman–Crippen MR) is 123 cm³/mol. The first-order valence-corrected chi connectivity index (χ1v) is 10.6. The van der Waals surface area contributed by atoms with Crippen LogP contribution in [0.2, 0.25) is 0 Å². The topological polar surface area (TPSA) is 59.4 Å². The van der Waals surface area contributed by atoms with Gasteiger partial charge in [0, 0.05) is 16.5 Å². The van der Waals surface area contributed by atoms with Crippen LogP contribution < -0.4 is 4.74 Å². The molecular weight excluding hydrogens is 394 g/mol. The molecule has 0 aliphatic carbocycles. The second kappa shape index (κ2) is 9.85. The number of methoxy groups -OCH3 is 1. The van der Waals surface area contributed by atoms with Gasteiger partial charge in [-0.3, -0.25) is 0 Å². The lowest BCUT2D eigenvalue weighted by molar-refractivity contribution is 0.0697. The van der Waals surface area contributed by atoms with E-state index in [1.807, 2.05) is 73.8 Å². The number of rotatable bonds is 5. The van der Waals surface area contributed by atoms with Gasteiger partial charge >= 0.3 is 5.97 Å². The Labute approximate surface area is 180 Å². The third-order valence-electron chi connectivity index (χ3n) is 4.44. The Bertz CT molecular complexity index is 1130. The minimum atomic E-state index is -0.929. The number of benzene rings is 3. The van der Waals surface area contributed by atoms with E-state index in [9.17, 15) is 9.90 Å². The summed E-state index contributed by atoms with van der Waals surface area (Å²) in [5.41, 5.74) is 5.04. The molecule has 0 amide bonds. The zero-order chi connectivity index (χ0) is 21.5. The number of aromatic nitrogens is 1. The second-order valence-electron chi connectivity index (χ2n) is 6.23. The van der Waals surface area contributed by atoms with Gasteiger partial charge in [-0.05, 0) is 53.6 Å². The molecule has 3 aromatic carbocycles. The van der Waals surface area contributed by atoms with Crippen LogP contribution in [0.4, 0.5) is 0 Å². The first kappa shape index (κ1) is 21.3. The van der Waals surface area contributed by atoms with Gasteiger partial charge in [-0.15, -0.1) is 11.3 Å². The summed E-state index contributed by atoms with van der Waals surface area (Å²) in [7, 11) is 1.65. The highest BCUT2D eigenvalue weighted by Gasteiger charge is 2.09. The molecule has 0 aliphatic heterocycles. The summed E-state index contributed by atoms with van der Waals surface area (Å²) in [6.07, 6.45) is 0. The summed E-state index contributed by atoms with van der Waals surface area (Å²) in [4.78, 5) is 16.0. The maximum atomic E-state index is 11.2. The molecule has 0 fully saturated rings. The lowest BCUT2D eigenvalue weighted by atomic mass is 10.0. The molecule has 0 spiro atoms. The average molecular weight is 418 g/mol. The van der Waals surface area contributed by atoms with Crippen molar-refractivity contribution in [1.29, 1.82) is 0 Å². The fraction of sp³-hybridized carbons (Fsp3) is 0.120. The Morgan fingerprint density at radius 3 is 2.17 bits per heavy atom. The van der Waals surface area contributed by atoms with Gasteiger partial charge in [0.2, 0.25) is 0 Å². The van der Waals surface area contributed by atoms with Crippen LogP contribution in [-0.2, 0) is 0 Å². The Balaban J connectivity index is 0.00000124. The monoisotopic (exact) mass is 417 g/mol. The minimum Gasteiger partial charge on any atom is -0.497 e. The van der Waals surface area contributed by atoms with Gasteiger partial charge in [0.05, 0.1) is 18.4 Å². The van der Waals surface area contributed by atoms with Crippen molar-refractivity contribution in [1.82, 2.24) is 4.98 Å². The van der Waals surface area contributed by atoms with Gasteiger partial charge < -0.3 is 9.84 Å². The molecule has 0 bridgehead atoms. The van der Waals surface area contributed by atoms with E-state index in [0.29, 0.717) is 0 Å². The lowest BCUT2D eigenvalue weighted by Gasteiger charge is -2.05. The van der Waals surface area contributed by atoms with Crippen LogP contribution in [0.25, 0.3) is 33.0 Å². The number of nitrogens with zero attached hydrogens (tertiary/aromatic N) is 1. The highest BCUT2D eigenvalue weighted by molar-refractivity contribution is 7.13. The molecule has 0 unspecified atom stereocenters. The van der Waals surface area contributed by atoms with Gasteiger partial charge in [-0.25, -0.2) is 9.78 Å². The van der Waals surface area contributed by atoms with Gasteiger partial charge in [0.15, 0.2) is 0 Å². The van der Waals surface area contributed by atoms with E-state index < -0.39 is 5.97 Å². The van der Waals surface area contributed by atoms with E-state index in [0.717, 1.165) is 38.7 Å². The summed E-state index contributed by atoms with van der Waals surface area (Å²) >= 11 is 1.59. The molecule has 4 rings (SSSR count). The molecular formula is C25H23NO3S. The van der Waals surface area contributed by atoms with Crippen LogP contribution in [-0.4, -0.2) is 23.2 Å². The van der Waals surface area contributed by atoms with Crippen LogP contribution in [0.1, 0.15) is 24.2 Å². The highest BCUT2D eigenvalue weighted by atomic mass is 32.1. The standard InChI is InChI=1S/C23H17NO3S.C2H6/c1-27-20-10-8-15(9-11-20)22-24-21(14-28-22)18-6-2-4-16(12-18)17-5-3-7-19(13-17)23(25)26;1-2/h2-14H,1H3,(H,25,26);1-2H3. The summed E-state index contributed by atoms with van der Waals surface area (Å²) in [5, 5.41) is 12.2. The number of thiazole rings is 1. The van der Waals surface area contributed by atoms with Crippen molar-refractivity contribution in [3.05, 3.63) is 83.7 Å². The number of ether oxygens (including phenoxy) is 1. The van der Waals surface area contributed by atoms with E-state index in [-0.39, 0.29) is 5.56 Å². The van der Waals surface area contributed by atoms with E-state index in [4.69, 9.17) is 9.72 Å². The quantitative estimate of drug-likeness (QED) is 0.385. The summed E-state index contributed by atoms with van der Waals surface area (Å²) < 4.78 is 5.20. The largest absolute Gasteiger partial charge is 0.497 e. The van der Waals surface area contributed by atoms with E-state index in [1.54, 1.807) is 36.6 Å². The molecule has 30 heavy (non-hydrogen) atoms. The average Bonchev–Trinajstić information content (AvgIpc) is 3.31. The van der Waals surface area contributed by atoms with Crippen molar-refractivity contribution in [2.45, 2.75) is 13.8 Å². The molecule has 0 saturated carbocycles. The number of carbonyl (C=O) groups is 1. The van der Waals surface area contributed by atoms with E-state index in [1.165, 1.54) is 0 Å². The normalized spacial score (nSPS) is 10.1. The fourth-order valence-corrected chi connectivity index (χ4v) is 3.80. The van der Waals surface area contributed by atoms with Crippen LogP contribution in [0.15, 0.2) is 78.2 Å². The van der Waals surface area contributed by atoms with Crippen LogP contribution in [0, 0.1) is 0 Å². The Hall–Kier alpha value is -3.44. The Morgan fingerprint density at radius 2 is 1.50 bits per heavy atom. The molecule has 0 aliphatic rings. The molecule has 4 nitrogen and oxygen atoms in total. The third kappa shape index (κ3) is 4.75. The molecule has 0 saturated heterocycles. The van der Waals surface area contributed by atoms with Crippen molar-refractivity contribution in [3.63, 3.8) is 0 Å². The Kier molecular flexibility index (Phi) is 6.99. The van der Waals surface area contributed by atoms with Crippen molar-refractivity contribution in [3.8, 4) is 38.7 Å². The van der Waals surface area contributed by atoms with Crippen molar-refractivity contribution in [2.75, 3.05) is 7.11 Å². The van der Waals surface area contributed by atoms with Gasteiger partial charge in [-0.2, -0.15) is 0 Å². The van der Waals surface area contributed by atoms with Gasteiger partial charge in [0.25, 0.3) is 0 Å². The van der Waals surface area contributed by atoms with Crippen molar-refractivity contribution in [2.24, 2.45) is 0 Å². The molecule has 152 valence electrons. The first-order chi connectivity index (χ1) is 14.6. The number of carboxylic acids is 1. The Morgan fingerprint density at radius 1 is 0.867 bits per heavy atom. The second-order valence-corrected chi connectivity index (χ2v) is 7.09. The van der Waals surface area contributed by atoms with Crippen LogP contribution >= 0.6 is 11.3 Å². The van der Waals surface area contributed by atoms with Crippen LogP contribution in [0.5, 0.6) is 5.75 Å². The minimum absolute atomic E-state index is 0.276. The molecule has 4 aromatic rings. The summed E-state index contributed by atoms with van der Waals surface area (Å²) in [5.74, 6) is -0.113. The zero-order valence-electron chi connectivity index (χ0n) is 17.1. The number of hydrogen-bond acceptors (Lipinski definition) is 4. The number of hydrogen-bond donors (Lipinski definition) is 1. The fourth-order valence-electron chi connectivity index (χ4n) is 2.96. The maximum Gasteiger partial charge on any atom is 0.335 e. The summed E-state index contributed by atoms with van der Waals surface area (Å²) in [6, 6.07) is 22.8. The smallest absolute Gasteiger partial charge is 0.335 e. The molecule has 0 atom stereocenters. The first-order valence-electron chi connectivity index (χ1n) is 9.68. The van der Waals surface area contributed by atoms with Crippen molar-refractivity contribution >= 4 is 17.3 Å². The third-order valence-corrected chi connectivity index (χ3v) is 5.33. The van der Waals surface area contributed by atoms with E-state index >= 15 is 0 Å².